The van der Waals surface area contributed by atoms with Crippen molar-refractivity contribution in [3.63, 3.8) is 0 Å². The molecule has 112 valence electrons. The first kappa shape index (κ1) is 15.9. The topological polar surface area (TPSA) is 20.2 Å². The third kappa shape index (κ3) is 3.56. The van der Waals surface area contributed by atoms with Crippen molar-refractivity contribution in [1.29, 1.82) is 0 Å². The molecule has 0 radical (unpaired) electrons. The van der Waals surface area contributed by atoms with Gasteiger partial charge >= 0.3 is 0 Å². The van der Waals surface area contributed by atoms with Crippen molar-refractivity contribution in [2.75, 3.05) is 0 Å². The number of aliphatic hydroxyl groups is 1. The standard InChI is InChI=1S/C18H27ClO/c1-12-5-7-14(16(19)9-12)11-18(3,4)15-8-6-13(2)10-17(15)20/h5,7,9,13,15,17,20H,6,8,10-11H2,1-4H3. The van der Waals surface area contributed by atoms with Gasteiger partial charge in [0.25, 0.3) is 0 Å². The Labute approximate surface area is 128 Å². The van der Waals surface area contributed by atoms with Gasteiger partial charge in [0.15, 0.2) is 0 Å². The molecule has 1 aliphatic carbocycles. The summed E-state index contributed by atoms with van der Waals surface area (Å²) in [6.07, 6.45) is 4.06. The highest BCUT2D eigenvalue weighted by Crippen LogP contribution is 2.43. The molecule has 20 heavy (non-hydrogen) atoms. The predicted octanol–water partition coefficient (Wildman–Crippen LogP) is 5.01. The van der Waals surface area contributed by atoms with Crippen molar-refractivity contribution >= 4 is 11.6 Å². The van der Waals surface area contributed by atoms with E-state index >= 15 is 0 Å². The Morgan fingerprint density at radius 3 is 2.60 bits per heavy atom. The van der Waals surface area contributed by atoms with Gasteiger partial charge in [-0.25, -0.2) is 0 Å². The van der Waals surface area contributed by atoms with E-state index < -0.39 is 0 Å². The number of benzene rings is 1. The van der Waals surface area contributed by atoms with Crippen molar-refractivity contribution in [3.8, 4) is 0 Å². The van der Waals surface area contributed by atoms with E-state index in [0.29, 0.717) is 11.8 Å². The van der Waals surface area contributed by atoms with Gasteiger partial charge in [-0.15, -0.1) is 0 Å². The Balaban J connectivity index is 2.14. The van der Waals surface area contributed by atoms with Crippen LogP contribution in [0, 0.1) is 24.2 Å². The van der Waals surface area contributed by atoms with E-state index in [0.717, 1.165) is 24.3 Å². The maximum Gasteiger partial charge on any atom is 0.0576 e. The van der Waals surface area contributed by atoms with Gasteiger partial charge < -0.3 is 5.11 Å². The molecule has 0 heterocycles. The van der Waals surface area contributed by atoms with Gasteiger partial charge in [0.05, 0.1) is 6.10 Å². The van der Waals surface area contributed by atoms with Crippen LogP contribution in [0.4, 0.5) is 0 Å². The molecule has 0 spiro atoms. The maximum atomic E-state index is 10.4. The fraction of sp³-hybridized carbons (Fsp3) is 0.667. The van der Waals surface area contributed by atoms with Crippen LogP contribution in [-0.2, 0) is 6.42 Å². The van der Waals surface area contributed by atoms with Gasteiger partial charge in [0, 0.05) is 5.02 Å². The lowest BCUT2D eigenvalue weighted by molar-refractivity contribution is -0.0125. The molecule has 1 fully saturated rings. The zero-order chi connectivity index (χ0) is 14.9. The highest BCUT2D eigenvalue weighted by Gasteiger charge is 2.38. The number of halogens is 1. The number of aliphatic hydroxyl groups excluding tert-OH is 1. The molecule has 0 aliphatic heterocycles. The number of rotatable bonds is 3. The predicted molar refractivity (Wildman–Crippen MR) is 86.2 cm³/mol. The summed E-state index contributed by atoms with van der Waals surface area (Å²) in [7, 11) is 0. The summed E-state index contributed by atoms with van der Waals surface area (Å²) in [4.78, 5) is 0. The molecule has 3 atom stereocenters. The minimum atomic E-state index is -0.169. The number of hydrogen-bond acceptors (Lipinski definition) is 1. The van der Waals surface area contributed by atoms with Crippen molar-refractivity contribution in [3.05, 3.63) is 34.3 Å². The summed E-state index contributed by atoms with van der Waals surface area (Å²) >= 11 is 6.37. The van der Waals surface area contributed by atoms with Crippen LogP contribution in [0.25, 0.3) is 0 Å². The molecule has 0 saturated heterocycles. The second kappa shape index (κ2) is 6.07. The second-order valence-corrected chi connectivity index (χ2v) is 7.76. The summed E-state index contributed by atoms with van der Waals surface area (Å²) in [6.45, 7) is 8.84. The molecule has 0 amide bonds. The molecule has 1 aromatic rings. The van der Waals surface area contributed by atoms with Crippen LogP contribution in [0.5, 0.6) is 0 Å². The smallest absolute Gasteiger partial charge is 0.0576 e. The molecule has 2 heteroatoms. The molecular weight excluding hydrogens is 268 g/mol. The molecule has 1 aliphatic rings. The molecular formula is C18H27ClO. The second-order valence-electron chi connectivity index (χ2n) is 7.35. The van der Waals surface area contributed by atoms with Crippen LogP contribution in [0.2, 0.25) is 5.02 Å². The fourth-order valence-electron chi connectivity index (χ4n) is 3.68. The molecule has 1 N–H and O–H groups in total. The van der Waals surface area contributed by atoms with E-state index in [1.165, 1.54) is 17.5 Å². The molecule has 0 bridgehead atoms. The monoisotopic (exact) mass is 294 g/mol. The summed E-state index contributed by atoms with van der Waals surface area (Å²) in [6, 6.07) is 6.29. The van der Waals surface area contributed by atoms with Crippen molar-refractivity contribution in [2.24, 2.45) is 17.3 Å². The Kier molecular flexibility index (Phi) is 4.81. The van der Waals surface area contributed by atoms with Crippen molar-refractivity contribution in [2.45, 2.75) is 59.5 Å². The van der Waals surface area contributed by atoms with Crippen molar-refractivity contribution < 1.29 is 5.11 Å². The van der Waals surface area contributed by atoms with E-state index in [-0.39, 0.29) is 11.5 Å². The lowest BCUT2D eigenvalue weighted by atomic mass is 9.65. The van der Waals surface area contributed by atoms with E-state index in [4.69, 9.17) is 11.6 Å². The van der Waals surface area contributed by atoms with Crippen LogP contribution < -0.4 is 0 Å². The molecule has 0 aromatic heterocycles. The summed E-state index contributed by atoms with van der Waals surface area (Å²) in [5.74, 6) is 1.02. The van der Waals surface area contributed by atoms with Gasteiger partial charge in [-0.05, 0) is 60.6 Å². The Bertz CT molecular complexity index is 466. The highest BCUT2D eigenvalue weighted by molar-refractivity contribution is 6.31. The normalized spacial score (nSPS) is 27.6. The third-order valence-electron chi connectivity index (χ3n) is 4.94. The van der Waals surface area contributed by atoms with Gasteiger partial charge in [-0.3, -0.25) is 0 Å². The Morgan fingerprint density at radius 2 is 2.00 bits per heavy atom. The Morgan fingerprint density at radius 1 is 1.30 bits per heavy atom. The summed E-state index contributed by atoms with van der Waals surface area (Å²) < 4.78 is 0. The zero-order valence-corrected chi connectivity index (χ0v) is 13.9. The SMILES string of the molecule is Cc1ccc(CC(C)(C)C2CCC(C)CC2O)c(Cl)c1. The minimum absolute atomic E-state index is 0.0818. The third-order valence-corrected chi connectivity index (χ3v) is 5.29. The number of aryl methyl sites for hydroxylation is 1. The fourth-order valence-corrected chi connectivity index (χ4v) is 3.98. The lowest BCUT2D eigenvalue weighted by Crippen LogP contribution is -2.39. The summed E-state index contributed by atoms with van der Waals surface area (Å²) in [5.41, 5.74) is 2.48. The quantitative estimate of drug-likeness (QED) is 0.830. The van der Waals surface area contributed by atoms with Crippen LogP contribution >= 0.6 is 11.6 Å². The molecule has 2 rings (SSSR count). The molecule has 3 unspecified atom stereocenters. The van der Waals surface area contributed by atoms with Crippen LogP contribution in [0.1, 0.15) is 51.2 Å². The van der Waals surface area contributed by atoms with E-state index in [9.17, 15) is 5.11 Å². The first-order chi connectivity index (χ1) is 9.29. The molecule has 1 nitrogen and oxygen atoms in total. The van der Waals surface area contributed by atoms with Crippen molar-refractivity contribution in [1.82, 2.24) is 0 Å². The van der Waals surface area contributed by atoms with Gasteiger partial charge in [0.2, 0.25) is 0 Å². The number of hydrogen-bond donors (Lipinski definition) is 1. The maximum absolute atomic E-state index is 10.4. The Hall–Kier alpha value is -0.530. The first-order valence-electron chi connectivity index (χ1n) is 7.72. The highest BCUT2D eigenvalue weighted by atomic mass is 35.5. The lowest BCUT2D eigenvalue weighted by Gasteiger charge is -2.42. The summed E-state index contributed by atoms with van der Waals surface area (Å²) in [5, 5.41) is 11.3. The minimum Gasteiger partial charge on any atom is -0.393 e. The average molecular weight is 295 g/mol. The van der Waals surface area contributed by atoms with E-state index in [1.54, 1.807) is 0 Å². The largest absolute Gasteiger partial charge is 0.393 e. The van der Waals surface area contributed by atoms with Crippen LogP contribution in [0.15, 0.2) is 18.2 Å². The van der Waals surface area contributed by atoms with Crippen LogP contribution in [0.3, 0.4) is 0 Å². The van der Waals surface area contributed by atoms with E-state index in [1.807, 2.05) is 6.07 Å². The van der Waals surface area contributed by atoms with Gasteiger partial charge in [0.1, 0.15) is 0 Å². The first-order valence-corrected chi connectivity index (χ1v) is 8.10. The average Bonchev–Trinajstić information content (AvgIpc) is 2.32. The molecule has 1 saturated carbocycles. The van der Waals surface area contributed by atoms with E-state index in [2.05, 4.69) is 39.8 Å². The zero-order valence-electron chi connectivity index (χ0n) is 13.1. The molecule has 1 aromatic carbocycles. The van der Waals surface area contributed by atoms with Gasteiger partial charge in [-0.2, -0.15) is 0 Å². The van der Waals surface area contributed by atoms with Gasteiger partial charge in [-0.1, -0.05) is 50.9 Å². The van der Waals surface area contributed by atoms with Crippen LogP contribution in [-0.4, -0.2) is 11.2 Å².